The fourth-order valence-electron chi connectivity index (χ4n) is 2.68. The molecule has 0 aromatic carbocycles. The monoisotopic (exact) mass is 405 g/mol. The van der Waals surface area contributed by atoms with Gasteiger partial charge in [0.1, 0.15) is 6.04 Å². The first-order valence-corrected chi connectivity index (χ1v) is 10.1. The average Bonchev–Trinajstić information content (AvgIpc) is 3.06. The predicted molar refractivity (Wildman–Crippen MR) is 99.8 cm³/mol. The molecule has 1 aliphatic heterocycles. The number of halogens is 1. The van der Waals surface area contributed by atoms with Crippen LogP contribution in [0.4, 0.5) is 0 Å². The molecule has 2 unspecified atom stereocenters. The van der Waals surface area contributed by atoms with E-state index < -0.39 is 0 Å². The van der Waals surface area contributed by atoms with E-state index in [4.69, 9.17) is 0 Å². The third kappa shape index (κ3) is 4.06. The van der Waals surface area contributed by atoms with Crippen molar-refractivity contribution in [2.24, 2.45) is 0 Å². The number of thiophene rings is 1. The van der Waals surface area contributed by atoms with Gasteiger partial charge in [0, 0.05) is 32.6 Å². The molecule has 0 bridgehead atoms. The Labute approximate surface area is 149 Å². The number of carbonyl (C=O) groups excluding carboxylic acids is 1. The fraction of sp³-hybridized carbons (Fsp3) is 0.667. The maximum atomic E-state index is 12.7. The third-order valence-electron chi connectivity index (χ3n) is 4.24. The van der Waals surface area contributed by atoms with E-state index in [9.17, 15) is 4.79 Å². The molecule has 0 spiro atoms. The van der Waals surface area contributed by atoms with Gasteiger partial charge in [0.25, 0.3) is 0 Å². The predicted octanol–water partition coefficient (Wildman–Crippen LogP) is 2.67. The second-order valence-corrected chi connectivity index (χ2v) is 9.14. The number of carbonyl (C=O) groups is 1. The van der Waals surface area contributed by atoms with Crippen molar-refractivity contribution in [3.05, 3.63) is 20.8 Å². The molecule has 0 aliphatic carbocycles. The Bertz CT molecular complexity index is 513. The van der Waals surface area contributed by atoms with Crippen LogP contribution in [0.2, 0.25) is 0 Å². The Morgan fingerprint density at radius 2 is 2.18 bits per heavy atom. The molecule has 1 amide bonds. The summed E-state index contributed by atoms with van der Waals surface area (Å²) in [6, 6.07) is 1.80. The second-order valence-electron chi connectivity index (χ2n) is 6.17. The lowest BCUT2D eigenvalue weighted by atomic mass is 9.97. The lowest BCUT2D eigenvalue weighted by molar-refractivity contribution is -0.126. The molecule has 4 nitrogen and oxygen atoms in total. The highest BCUT2D eigenvalue weighted by Gasteiger charge is 2.37. The number of rotatable bonds is 6. The van der Waals surface area contributed by atoms with Gasteiger partial charge in [0.05, 0.1) is 0 Å². The fourth-order valence-corrected chi connectivity index (χ4v) is 5.88. The van der Waals surface area contributed by atoms with Crippen molar-refractivity contribution in [2.45, 2.75) is 18.0 Å². The summed E-state index contributed by atoms with van der Waals surface area (Å²) in [7, 11) is 8.12. The zero-order valence-corrected chi connectivity index (χ0v) is 16.8. The Morgan fingerprint density at radius 1 is 1.45 bits per heavy atom. The maximum absolute atomic E-state index is 12.7. The summed E-state index contributed by atoms with van der Waals surface area (Å²) in [5.74, 6) is 2.33. The van der Waals surface area contributed by atoms with Crippen LogP contribution in [0.1, 0.15) is 17.3 Å². The number of hydrogen-bond donors (Lipinski definition) is 1. The molecule has 124 valence electrons. The van der Waals surface area contributed by atoms with E-state index in [0.717, 1.165) is 21.5 Å². The molecule has 2 heterocycles. The molecule has 2 rings (SSSR count). The molecular formula is C15H24BrN3OS2. The number of hydrogen-bond acceptors (Lipinski definition) is 5. The first kappa shape index (κ1) is 18.3. The average molecular weight is 406 g/mol. The summed E-state index contributed by atoms with van der Waals surface area (Å²) < 4.78 is 1.03. The first-order chi connectivity index (χ1) is 10.4. The second kappa shape index (κ2) is 7.66. The van der Waals surface area contributed by atoms with Gasteiger partial charge in [-0.05, 0) is 62.4 Å². The van der Waals surface area contributed by atoms with Gasteiger partial charge in [0.15, 0.2) is 0 Å². The van der Waals surface area contributed by atoms with Crippen molar-refractivity contribution in [3.63, 3.8) is 0 Å². The minimum atomic E-state index is -0.232. The van der Waals surface area contributed by atoms with Crippen molar-refractivity contribution in [1.82, 2.24) is 15.1 Å². The van der Waals surface area contributed by atoms with E-state index in [0.29, 0.717) is 6.54 Å². The van der Waals surface area contributed by atoms with Crippen molar-refractivity contribution in [2.75, 3.05) is 46.2 Å². The zero-order valence-electron chi connectivity index (χ0n) is 13.6. The van der Waals surface area contributed by atoms with E-state index >= 15 is 0 Å². The Morgan fingerprint density at radius 3 is 2.64 bits per heavy atom. The van der Waals surface area contributed by atoms with Gasteiger partial charge in [-0.3, -0.25) is 9.69 Å². The molecule has 1 N–H and O–H groups in total. The summed E-state index contributed by atoms with van der Waals surface area (Å²) in [6.45, 7) is 0.711. The summed E-state index contributed by atoms with van der Waals surface area (Å²) >= 11 is 7.05. The van der Waals surface area contributed by atoms with Crippen LogP contribution in [0.15, 0.2) is 15.9 Å². The molecule has 1 aromatic rings. The van der Waals surface area contributed by atoms with E-state index in [1.165, 1.54) is 5.75 Å². The van der Waals surface area contributed by atoms with E-state index in [1.54, 1.807) is 11.3 Å². The molecule has 0 radical (unpaired) electrons. The number of likely N-dealkylation sites (N-methyl/N-ethyl adjacent to an activating group) is 2. The molecule has 1 saturated heterocycles. The molecule has 7 heteroatoms. The van der Waals surface area contributed by atoms with Crippen LogP contribution < -0.4 is 5.32 Å². The minimum absolute atomic E-state index is 0.0810. The maximum Gasteiger partial charge on any atom is 0.242 e. The number of amides is 1. The highest BCUT2D eigenvalue weighted by Crippen LogP contribution is 2.32. The Hall–Kier alpha value is -0.0800. The molecule has 0 saturated carbocycles. The highest BCUT2D eigenvalue weighted by atomic mass is 79.9. The Balaban J connectivity index is 2.06. The van der Waals surface area contributed by atoms with Gasteiger partial charge in [0.2, 0.25) is 5.91 Å². The van der Waals surface area contributed by atoms with E-state index in [-0.39, 0.29) is 17.5 Å². The van der Waals surface area contributed by atoms with Crippen LogP contribution in [0.3, 0.4) is 0 Å². The topological polar surface area (TPSA) is 35.6 Å². The van der Waals surface area contributed by atoms with Gasteiger partial charge in [-0.2, -0.15) is 11.8 Å². The molecule has 1 aliphatic rings. The van der Waals surface area contributed by atoms with Gasteiger partial charge in [-0.1, -0.05) is 0 Å². The lowest BCUT2D eigenvalue weighted by Gasteiger charge is -2.36. The van der Waals surface area contributed by atoms with Gasteiger partial charge >= 0.3 is 0 Å². The minimum Gasteiger partial charge on any atom is -0.353 e. The standard InChI is InChI=1S/C15H24BrN3OS2/c1-18(2)13(12-7-11(16)8-22-12)14(20)17-9-15(19(3)4)5-6-21-10-15/h7-8,13H,5-6,9-10H2,1-4H3,(H,17,20). The smallest absolute Gasteiger partial charge is 0.242 e. The summed E-state index contributed by atoms with van der Waals surface area (Å²) in [4.78, 5) is 18.0. The molecule has 1 aromatic heterocycles. The summed E-state index contributed by atoms with van der Waals surface area (Å²) in [5, 5.41) is 5.21. The van der Waals surface area contributed by atoms with Gasteiger partial charge < -0.3 is 10.2 Å². The number of nitrogens with one attached hydrogen (secondary N) is 1. The largest absolute Gasteiger partial charge is 0.353 e. The van der Waals surface area contributed by atoms with Crippen LogP contribution in [0.5, 0.6) is 0 Å². The summed E-state index contributed by atoms with van der Waals surface area (Å²) in [5.41, 5.74) is 0.0905. The van der Waals surface area contributed by atoms with Gasteiger partial charge in [-0.25, -0.2) is 0 Å². The van der Waals surface area contributed by atoms with E-state index in [2.05, 4.69) is 40.2 Å². The Kier molecular flexibility index (Phi) is 6.36. The number of thioether (sulfide) groups is 1. The normalized spacial score (nSPS) is 23.2. The molecule has 1 fully saturated rings. The lowest BCUT2D eigenvalue weighted by Crippen LogP contribution is -2.54. The zero-order chi connectivity index (χ0) is 16.3. The third-order valence-corrected chi connectivity index (χ3v) is 7.23. The highest BCUT2D eigenvalue weighted by molar-refractivity contribution is 9.10. The van der Waals surface area contributed by atoms with Crippen LogP contribution >= 0.6 is 39.0 Å². The number of nitrogens with zero attached hydrogens (tertiary/aromatic N) is 2. The van der Waals surface area contributed by atoms with Crippen LogP contribution in [-0.4, -0.2) is 67.5 Å². The van der Waals surface area contributed by atoms with Crippen LogP contribution in [0, 0.1) is 0 Å². The SMILES string of the molecule is CN(C)C(C(=O)NCC1(N(C)C)CCSC1)c1cc(Br)cs1. The van der Waals surface area contributed by atoms with Crippen molar-refractivity contribution in [3.8, 4) is 0 Å². The van der Waals surface area contributed by atoms with Crippen molar-refractivity contribution in [1.29, 1.82) is 0 Å². The van der Waals surface area contributed by atoms with Crippen LogP contribution in [-0.2, 0) is 4.79 Å². The van der Waals surface area contributed by atoms with Gasteiger partial charge in [-0.15, -0.1) is 11.3 Å². The van der Waals surface area contributed by atoms with Crippen molar-refractivity contribution >= 4 is 44.9 Å². The quantitative estimate of drug-likeness (QED) is 0.788. The first-order valence-electron chi connectivity index (χ1n) is 7.29. The molecular weight excluding hydrogens is 382 g/mol. The van der Waals surface area contributed by atoms with E-state index in [1.807, 2.05) is 42.2 Å². The van der Waals surface area contributed by atoms with Crippen molar-refractivity contribution < 1.29 is 4.79 Å². The molecule has 22 heavy (non-hydrogen) atoms. The summed E-state index contributed by atoms with van der Waals surface area (Å²) in [6.07, 6.45) is 1.13. The van der Waals surface area contributed by atoms with Crippen LogP contribution in [0.25, 0.3) is 0 Å². The molecule has 2 atom stereocenters.